The summed E-state index contributed by atoms with van der Waals surface area (Å²) in [5, 5.41) is 0. The molecule has 0 spiro atoms. The smallest absolute Gasteiger partial charge is 0.0107 e. The topological polar surface area (TPSA) is 6.48 Å². The lowest BCUT2D eigenvalue weighted by atomic mass is 9.99. The van der Waals surface area contributed by atoms with Crippen LogP contribution in [0.15, 0.2) is 0 Å². The highest BCUT2D eigenvalue weighted by Crippen LogP contribution is 2.20. The predicted octanol–water partition coefficient (Wildman–Crippen LogP) is 2.74. The van der Waals surface area contributed by atoms with Gasteiger partial charge in [-0.05, 0) is 64.8 Å². The highest BCUT2D eigenvalue weighted by atomic mass is 15.2. The minimum Gasteiger partial charge on any atom is -0.303 e. The molecule has 2 saturated heterocycles. The van der Waals surface area contributed by atoms with Gasteiger partial charge in [-0.2, -0.15) is 0 Å². The molecule has 2 rings (SSSR count). The van der Waals surface area contributed by atoms with Gasteiger partial charge >= 0.3 is 0 Å². The first-order valence-electron chi connectivity index (χ1n) is 7.36. The van der Waals surface area contributed by atoms with E-state index in [4.69, 9.17) is 0 Å². The van der Waals surface area contributed by atoms with Crippen molar-refractivity contribution in [3.05, 3.63) is 0 Å². The summed E-state index contributed by atoms with van der Waals surface area (Å²) in [7, 11) is 0. The zero-order valence-corrected chi connectivity index (χ0v) is 11.0. The maximum absolute atomic E-state index is 2.70. The van der Waals surface area contributed by atoms with Gasteiger partial charge in [-0.1, -0.05) is 19.8 Å². The summed E-state index contributed by atoms with van der Waals surface area (Å²) in [6.45, 7) is 8.99. The van der Waals surface area contributed by atoms with Crippen LogP contribution in [0.5, 0.6) is 0 Å². The van der Waals surface area contributed by atoms with Gasteiger partial charge < -0.3 is 9.80 Å². The van der Waals surface area contributed by atoms with Crippen molar-refractivity contribution < 1.29 is 0 Å². The lowest BCUT2D eigenvalue weighted by Gasteiger charge is -2.36. The summed E-state index contributed by atoms with van der Waals surface area (Å²) < 4.78 is 0. The maximum Gasteiger partial charge on any atom is 0.0107 e. The van der Waals surface area contributed by atoms with Crippen LogP contribution in [0.25, 0.3) is 0 Å². The molecule has 2 fully saturated rings. The SMILES string of the molecule is CCN1CCCCC1CCN1CCCCC1. The second kappa shape index (κ2) is 6.61. The summed E-state index contributed by atoms with van der Waals surface area (Å²) in [5.74, 6) is 0. The Morgan fingerprint density at radius 1 is 0.938 bits per heavy atom. The Hall–Kier alpha value is -0.0800. The standard InChI is InChI=1S/C14H28N2/c1-2-16-12-7-4-8-14(16)9-13-15-10-5-3-6-11-15/h14H,2-13H2,1H3. The lowest BCUT2D eigenvalue weighted by molar-refractivity contribution is 0.126. The molecule has 2 heterocycles. The maximum atomic E-state index is 2.70. The number of rotatable bonds is 4. The van der Waals surface area contributed by atoms with E-state index in [1.807, 2.05) is 0 Å². The van der Waals surface area contributed by atoms with Crippen LogP contribution >= 0.6 is 0 Å². The van der Waals surface area contributed by atoms with Crippen LogP contribution in [-0.4, -0.2) is 48.6 Å². The lowest BCUT2D eigenvalue weighted by Crippen LogP contribution is -2.42. The number of nitrogens with zero attached hydrogens (tertiary/aromatic N) is 2. The first-order chi connectivity index (χ1) is 7.90. The van der Waals surface area contributed by atoms with Crippen LogP contribution in [0.4, 0.5) is 0 Å². The van der Waals surface area contributed by atoms with E-state index in [1.165, 1.54) is 77.7 Å². The third-order valence-corrected chi connectivity index (χ3v) is 4.38. The summed E-state index contributed by atoms with van der Waals surface area (Å²) >= 11 is 0. The number of hydrogen-bond donors (Lipinski definition) is 0. The Morgan fingerprint density at radius 3 is 2.44 bits per heavy atom. The van der Waals surface area contributed by atoms with Crippen molar-refractivity contribution in [1.29, 1.82) is 0 Å². The zero-order chi connectivity index (χ0) is 11.2. The summed E-state index contributed by atoms with van der Waals surface area (Å²) in [5.41, 5.74) is 0. The average molecular weight is 224 g/mol. The molecule has 0 saturated carbocycles. The van der Waals surface area contributed by atoms with E-state index in [9.17, 15) is 0 Å². The predicted molar refractivity (Wildman–Crippen MR) is 69.8 cm³/mol. The van der Waals surface area contributed by atoms with E-state index in [1.54, 1.807) is 0 Å². The minimum atomic E-state index is 0.890. The monoisotopic (exact) mass is 224 g/mol. The van der Waals surface area contributed by atoms with E-state index in [0.29, 0.717) is 0 Å². The molecule has 2 aliphatic heterocycles. The largest absolute Gasteiger partial charge is 0.303 e. The van der Waals surface area contributed by atoms with Crippen LogP contribution in [-0.2, 0) is 0 Å². The van der Waals surface area contributed by atoms with Gasteiger partial charge in [-0.25, -0.2) is 0 Å². The molecule has 0 aromatic carbocycles. The molecule has 16 heavy (non-hydrogen) atoms. The van der Waals surface area contributed by atoms with E-state index < -0.39 is 0 Å². The summed E-state index contributed by atoms with van der Waals surface area (Å²) in [6, 6.07) is 0.890. The van der Waals surface area contributed by atoms with Crippen molar-refractivity contribution in [3.63, 3.8) is 0 Å². The highest BCUT2D eigenvalue weighted by Gasteiger charge is 2.21. The van der Waals surface area contributed by atoms with Gasteiger partial charge in [0.25, 0.3) is 0 Å². The quantitative estimate of drug-likeness (QED) is 0.724. The molecule has 0 amide bonds. The summed E-state index contributed by atoms with van der Waals surface area (Å²) in [4.78, 5) is 5.39. The van der Waals surface area contributed by atoms with Crippen molar-refractivity contribution in [1.82, 2.24) is 9.80 Å². The van der Waals surface area contributed by atoms with E-state index in [2.05, 4.69) is 16.7 Å². The van der Waals surface area contributed by atoms with Gasteiger partial charge in [0.1, 0.15) is 0 Å². The zero-order valence-electron chi connectivity index (χ0n) is 11.0. The first-order valence-corrected chi connectivity index (χ1v) is 7.36. The van der Waals surface area contributed by atoms with Gasteiger partial charge in [0.15, 0.2) is 0 Å². The third kappa shape index (κ3) is 3.46. The molecule has 2 nitrogen and oxygen atoms in total. The minimum absolute atomic E-state index is 0.890. The second-order valence-electron chi connectivity index (χ2n) is 5.47. The molecule has 0 aromatic rings. The average Bonchev–Trinajstić information content (AvgIpc) is 2.38. The number of likely N-dealkylation sites (tertiary alicyclic amines) is 2. The van der Waals surface area contributed by atoms with Crippen LogP contribution in [0.1, 0.15) is 51.9 Å². The van der Waals surface area contributed by atoms with Crippen molar-refractivity contribution in [2.24, 2.45) is 0 Å². The van der Waals surface area contributed by atoms with E-state index in [0.717, 1.165) is 6.04 Å². The molecule has 2 aliphatic rings. The van der Waals surface area contributed by atoms with E-state index >= 15 is 0 Å². The van der Waals surface area contributed by atoms with Crippen LogP contribution < -0.4 is 0 Å². The highest BCUT2D eigenvalue weighted by molar-refractivity contribution is 4.77. The molecule has 94 valence electrons. The molecule has 0 bridgehead atoms. The molecular weight excluding hydrogens is 196 g/mol. The van der Waals surface area contributed by atoms with Crippen LogP contribution in [0.3, 0.4) is 0 Å². The molecule has 0 N–H and O–H groups in total. The van der Waals surface area contributed by atoms with Gasteiger partial charge in [0.2, 0.25) is 0 Å². The fraction of sp³-hybridized carbons (Fsp3) is 1.00. The first kappa shape index (κ1) is 12.4. The molecule has 0 aliphatic carbocycles. The van der Waals surface area contributed by atoms with Gasteiger partial charge in [0, 0.05) is 6.04 Å². The number of hydrogen-bond acceptors (Lipinski definition) is 2. The van der Waals surface area contributed by atoms with Crippen molar-refractivity contribution >= 4 is 0 Å². The molecular formula is C14H28N2. The Labute approximate surface area is 101 Å². The molecule has 0 radical (unpaired) electrons. The van der Waals surface area contributed by atoms with Gasteiger partial charge in [-0.3, -0.25) is 0 Å². The molecule has 0 aromatic heterocycles. The van der Waals surface area contributed by atoms with Crippen molar-refractivity contribution in [2.75, 3.05) is 32.7 Å². The Balaban J connectivity index is 1.70. The fourth-order valence-electron chi connectivity index (χ4n) is 3.32. The van der Waals surface area contributed by atoms with Crippen molar-refractivity contribution in [2.45, 2.75) is 57.9 Å². The van der Waals surface area contributed by atoms with Gasteiger partial charge in [-0.15, -0.1) is 0 Å². The second-order valence-corrected chi connectivity index (χ2v) is 5.47. The third-order valence-electron chi connectivity index (χ3n) is 4.38. The van der Waals surface area contributed by atoms with Crippen LogP contribution in [0, 0.1) is 0 Å². The normalized spacial score (nSPS) is 29.4. The Bertz CT molecular complexity index is 187. The summed E-state index contributed by atoms with van der Waals surface area (Å²) in [6.07, 6.45) is 10.1. The fourth-order valence-corrected chi connectivity index (χ4v) is 3.32. The molecule has 1 unspecified atom stereocenters. The Kier molecular flexibility index (Phi) is 5.11. The Morgan fingerprint density at radius 2 is 1.69 bits per heavy atom. The van der Waals surface area contributed by atoms with Gasteiger partial charge in [0.05, 0.1) is 0 Å². The number of piperidine rings is 2. The van der Waals surface area contributed by atoms with E-state index in [-0.39, 0.29) is 0 Å². The van der Waals surface area contributed by atoms with Crippen molar-refractivity contribution in [3.8, 4) is 0 Å². The molecule has 2 heteroatoms. The molecule has 1 atom stereocenters. The van der Waals surface area contributed by atoms with Crippen LogP contribution in [0.2, 0.25) is 0 Å².